The molecule has 0 fully saturated rings. The highest BCUT2D eigenvalue weighted by molar-refractivity contribution is 6.00. The summed E-state index contributed by atoms with van der Waals surface area (Å²) < 4.78 is 19.3. The lowest BCUT2D eigenvalue weighted by Crippen LogP contribution is -2.36. The van der Waals surface area contributed by atoms with E-state index in [1.54, 1.807) is 26.4 Å². The van der Waals surface area contributed by atoms with Gasteiger partial charge in [0, 0.05) is 25.0 Å². The molecule has 6 nitrogen and oxygen atoms in total. The maximum Gasteiger partial charge on any atom is 0.262 e. The first-order chi connectivity index (χ1) is 17.7. The summed E-state index contributed by atoms with van der Waals surface area (Å²) in [5, 5.41) is 0. The lowest BCUT2D eigenvalue weighted by Gasteiger charge is -2.31. The predicted octanol–water partition coefficient (Wildman–Crippen LogP) is 5.72. The number of nitrogens with zero attached hydrogens (tertiary/aromatic N) is 2. The van der Waals surface area contributed by atoms with Crippen molar-refractivity contribution in [2.45, 2.75) is 25.6 Å². The van der Waals surface area contributed by atoms with Crippen LogP contribution in [0.5, 0.6) is 17.2 Å². The van der Waals surface area contributed by atoms with Crippen molar-refractivity contribution in [3.8, 4) is 17.2 Å². The Bertz CT molecular complexity index is 1290. The smallest absolute Gasteiger partial charge is 0.262 e. The van der Waals surface area contributed by atoms with Crippen LogP contribution in [-0.2, 0) is 13.2 Å². The summed E-state index contributed by atoms with van der Waals surface area (Å²) in [5.41, 5.74) is 3.65. The summed E-state index contributed by atoms with van der Waals surface area (Å²) in [6, 6.07) is 27.4. The normalized spacial score (nSPS) is 15.1. The van der Waals surface area contributed by atoms with Crippen LogP contribution in [0.3, 0.4) is 0 Å². The van der Waals surface area contributed by atoms with Crippen molar-refractivity contribution in [2.24, 2.45) is 0 Å². The van der Waals surface area contributed by atoms with Crippen LogP contribution >= 0.6 is 0 Å². The Morgan fingerprint density at radius 2 is 1.56 bits per heavy atom. The molecule has 4 aromatic rings. The predicted molar refractivity (Wildman–Crippen MR) is 139 cm³/mol. The molecule has 0 aliphatic carbocycles. The number of aryl methyl sites for hydroxylation is 1. The van der Waals surface area contributed by atoms with Gasteiger partial charge < -0.3 is 23.7 Å². The first-order valence-electron chi connectivity index (χ1n) is 12.1. The number of carbonyl (C=O) groups excluding carboxylic acids is 1. The van der Waals surface area contributed by atoms with Crippen LogP contribution in [0.2, 0.25) is 0 Å². The average Bonchev–Trinajstić information content (AvgIpc) is 3.31. The number of hydrogen-bond acceptors (Lipinski definition) is 4. The van der Waals surface area contributed by atoms with Crippen molar-refractivity contribution < 1.29 is 19.0 Å². The standard InChI is InChI=1S/C30H30N2O4/c1-34-26-12-6-13-27(35-2)28(26)30(33)32-20-8-19-31-18-7-11-25(31)29(32)23-14-16-24(17-15-23)36-21-22-9-4-3-5-10-22/h3-7,9-18,29H,8,19-21H2,1-2H3. The monoisotopic (exact) mass is 482 g/mol. The zero-order chi connectivity index (χ0) is 24.9. The number of fused-ring (bicyclic) bond motifs is 1. The number of methoxy groups -OCH3 is 2. The van der Waals surface area contributed by atoms with E-state index in [1.807, 2.05) is 71.6 Å². The van der Waals surface area contributed by atoms with Gasteiger partial charge in [-0.3, -0.25) is 4.79 Å². The van der Waals surface area contributed by atoms with Crippen LogP contribution in [0.4, 0.5) is 0 Å². The minimum Gasteiger partial charge on any atom is -0.496 e. The van der Waals surface area contributed by atoms with E-state index in [9.17, 15) is 4.79 Å². The second-order valence-electron chi connectivity index (χ2n) is 8.76. The lowest BCUT2D eigenvalue weighted by molar-refractivity contribution is 0.0702. The van der Waals surface area contributed by atoms with Gasteiger partial charge in [-0.05, 0) is 53.9 Å². The molecule has 0 bridgehead atoms. The number of rotatable bonds is 7. The second-order valence-corrected chi connectivity index (χ2v) is 8.76. The summed E-state index contributed by atoms with van der Waals surface area (Å²) >= 11 is 0. The minimum absolute atomic E-state index is 0.117. The molecule has 1 unspecified atom stereocenters. The van der Waals surface area contributed by atoms with Crippen molar-refractivity contribution >= 4 is 5.91 Å². The number of ether oxygens (including phenoxy) is 3. The van der Waals surface area contributed by atoms with E-state index >= 15 is 0 Å². The molecule has 0 radical (unpaired) electrons. The number of benzene rings is 3. The topological polar surface area (TPSA) is 52.9 Å². The van der Waals surface area contributed by atoms with Gasteiger partial charge in [-0.2, -0.15) is 0 Å². The van der Waals surface area contributed by atoms with Crippen molar-refractivity contribution in [2.75, 3.05) is 20.8 Å². The summed E-state index contributed by atoms with van der Waals surface area (Å²) in [6.45, 7) is 1.97. The second kappa shape index (κ2) is 10.6. The molecule has 0 saturated carbocycles. The maximum absolute atomic E-state index is 14.1. The Morgan fingerprint density at radius 1 is 0.833 bits per heavy atom. The Balaban J connectivity index is 1.48. The first kappa shape index (κ1) is 23.5. The van der Waals surface area contributed by atoms with Crippen LogP contribution in [0, 0.1) is 0 Å². The minimum atomic E-state index is -0.257. The third-order valence-corrected chi connectivity index (χ3v) is 6.60. The fourth-order valence-corrected chi connectivity index (χ4v) is 4.84. The van der Waals surface area contributed by atoms with Crippen LogP contribution in [0.1, 0.15) is 39.6 Å². The number of aromatic nitrogens is 1. The largest absolute Gasteiger partial charge is 0.496 e. The van der Waals surface area contributed by atoms with E-state index in [2.05, 4.69) is 16.8 Å². The van der Waals surface area contributed by atoms with Gasteiger partial charge in [0.05, 0.1) is 20.3 Å². The maximum atomic E-state index is 14.1. The van der Waals surface area contributed by atoms with Crippen molar-refractivity contribution in [1.29, 1.82) is 0 Å². The van der Waals surface area contributed by atoms with Crippen LogP contribution in [0.25, 0.3) is 0 Å². The zero-order valence-electron chi connectivity index (χ0n) is 20.6. The molecule has 1 atom stereocenters. The molecule has 1 aliphatic heterocycles. The fourth-order valence-electron chi connectivity index (χ4n) is 4.84. The molecular weight excluding hydrogens is 452 g/mol. The molecule has 2 heterocycles. The van der Waals surface area contributed by atoms with Crippen molar-refractivity contribution in [3.63, 3.8) is 0 Å². The molecule has 36 heavy (non-hydrogen) atoms. The van der Waals surface area contributed by atoms with Gasteiger partial charge in [0.1, 0.15) is 29.4 Å². The highest BCUT2D eigenvalue weighted by Crippen LogP contribution is 2.37. The Labute approximate surface area is 211 Å². The third-order valence-electron chi connectivity index (χ3n) is 6.60. The van der Waals surface area contributed by atoms with Crippen LogP contribution in [-0.4, -0.2) is 36.1 Å². The van der Waals surface area contributed by atoms with Crippen LogP contribution in [0.15, 0.2) is 91.1 Å². The molecule has 0 spiro atoms. The molecule has 0 N–H and O–H groups in total. The summed E-state index contributed by atoms with van der Waals surface area (Å²) in [5.74, 6) is 1.68. The van der Waals surface area contributed by atoms with Gasteiger partial charge in [0.25, 0.3) is 5.91 Å². The highest BCUT2D eigenvalue weighted by Gasteiger charge is 2.34. The SMILES string of the molecule is COc1cccc(OC)c1C(=O)N1CCCn2cccc2C1c1ccc(OCc2ccccc2)cc1. The Morgan fingerprint density at radius 3 is 2.25 bits per heavy atom. The van der Waals surface area contributed by atoms with E-state index in [-0.39, 0.29) is 11.9 Å². The lowest BCUT2D eigenvalue weighted by atomic mass is 10.00. The van der Waals surface area contributed by atoms with Crippen molar-refractivity contribution in [1.82, 2.24) is 9.47 Å². The van der Waals surface area contributed by atoms with Crippen molar-refractivity contribution in [3.05, 3.63) is 114 Å². The molecule has 1 amide bonds. The molecule has 0 saturated heterocycles. The fraction of sp³-hybridized carbons (Fsp3) is 0.233. The van der Waals surface area contributed by atoms with Gasteiger partial charge in [-0.25, -0.2) is 0 Å². The van der Waals surface area contributed by atoms with Gasteiger partial charge in [0.2, 0.25) is 0 Å². The van der Waals surface area contributed by atoms with Crippen LogP contribution < -0.4 is 14.2 Å². The Kier molecular flexibility index (Phi) is 6.94. The number of hydrogen-bond donors (Lipinski definition) is 0. The quantitative estimate of drug-likeness (QED) is 0.338. The third kappa shape index (κ3) is 4.67. The van der Waals surface area contributed by atoms with Gasteiger partial charge in [-0.1, -0.05) is 48.5 Å². The van der Waals surface area contributed by atoms with E-state index < -0.39 is 0 Å². The summed E-state index contributed by atoms with van der Waals surface area (Å²) in [7, 11) is 3.15. The van der Waals surface area contributed by atoms with Gasteiger partial charge >= 0.3 is 0 Å². The van der Waals surface area contributed by atoms with E-state index in [4.69, 9.17) is 14.2 Å². The molecule has 3 aromatic carbocycles. The number of amides is 1. The number of carbonyl (C=O) groups is 1. The van der Waals surface area contributed by atoms with Gasteiger partial charge in [0.15, 0.2) is 0 Å². The van der Waals surface area contributed by atoms with E-state index in [1.165, 1.54) is 0 Å². The molecule has 6 heteroatoms. The average molecular weight is 483 g/mol. The molecular formula is C30H30N2O4. The van der Waals surface area contributed by atoms with Gasteiger partial charge in [-0.15, -0.1) is 0 Å². The summed E-state index contributed by atoms with van der Waals surface area (Å²) in [6.07, 6.45) is 2.93. The molecule has 5 rings (SSSR count). The van der Waals surface area contributed by atoms with E-state index in [0.717, 1.165) is 35.5 Å². The molecule has 184 valence electrons. The molecule has 1 aromatic heterocycles. The highest BCUT2D eigenvalue weighted by atomic mass is 16.5. The Hall–Kier alpha value is -4.19. The zero-order valence-corrected chi connectivity index (χ0v) is 20.6. The molecule has 1 aliphatic rings. The summed E-state index contributed by atoms with van der Waals surface area (Å²) in [4.78, 5) is 16.0. The first-order valence-corrected chi connectivity index (χ1v) is 12.1. The van der Waals surface area contributed by atoms with E-state index in [0.29, 0.717) is 30.2 Å².